The van der Waals surface area contributed by atoms with E-state index in [-0.39, 0.29) is 86.2 Å². The first-order chi connectivity index (χ1) is 36.1. The number of hydrogen-bond donors (Lipinski definition) is 2. The van der Waals surface area contributed by atoms with Crippen molar-refractivity contribution in [3.63, 3.8) is 0 Å². The third kappa shape index (κ3) is 14.3. The van der Waals surface area contributed by atoms with E-state index in [0.717, 1.165) is 11.1 Å². The lowest BCUT2D eigenvalue weighted by Crippen LogP contribution is -2.52. The lowest BCUT2D eigenvalue weighted by atomic mass is 10.0. The fraction of sp³-hybridized carbons (Fsp3) is 0.444. The number of nitrogens with one attached hydrogen (secondary N) is 2. The number of piperazine rings is 1. The maximum Gasteiger partial charge on any atom is 0.415 e. The third-order valence-corrected chi connectivity index (χ3v) is 17.0. The van der Waals surface area contributed by atoms with Gasteiger partial charge in [0, 0.05) is 52.1 Å². The van der Waals surface area contributed by atoms with Crippen LogP contribution in [0.4, 0.5) is 9.59 Å². The molecule has 0 aromatic heterocycles. The number of esters is 2. The fourth-order valence-corrected chi connectivity index (χ4v) is 12.4. The van der Waals surface area contributed by atoms with Gasteiger partial charge in [0.05, 0.1) is 22.0 Å². The van der Waals surface area contributed by atoms with Crippen LogP contribution in [-0.2, 0) is 61.5 Å². The summed E-state index contributed by atoms with van der Waals surface area (Å²) in [7, 11) is -7.98. The number of aryl methyl sites for hydroxylation is 2. The molecule has 4 amide bonds. The molecule has 0 radical (unpaired) electrons. The van der Waals surface area contributed by atoms with Gasteiger partial charge in [0.15, 0.2) is 0 Å². The summed E-state index contributed by atoms with van der Waals surface area (Å²) in [6, 6.07) is 21.2. The highest BCUT2D eigenvalue weighted by Gasteiger charge is 2.42. The van der Waals surface area contributed by atoms with E-state index in [0.29, 0.717) is 24.0 Å². The van der Waals surface area contributed by atoms with Crippen LogP contribution in [0.2, 0.25) is 0 Å². The Kier molecular flexibility index (Phi) is 18.6. The van der Waals surface area contributed by atoms with Gasteiger partial charge in [-0.15, -0.1) is 0 Å². The van der Waals surface area contributed by atoms with E-state index in [9.17, 15) is 45.6 Å². The van der Waals surface area contributed by atoms with Gasteiger partial charge in [-0.2, -0.15) is 8.61 Å². The van der Waals surface area contributed by atoms with Crippen LogP contribution in [0.3, 0.4) is 0 Å². The molecular weight excluding hydrogens is 1020 g/mol. The summed E-state index contributed by atoms with van der Waals surface area (Å²) in [5.41, 5.74) is 2.98. The predicted molar refractivity (Wildman–Crippen MR) is 278 cm³/mol. The summed E-state index contributed by atoms with van der Waals surface area (Å²) in [4.78, 5) is 83.4. The number of hydrogen-bond acceptors (Lipinski definition) is 14. The second-order valence-electron chi connectivity index (χ2n) is 19.7. The van der Waals surface area contributed by atoms with Crippen molar-refractivity contribution < 1.29 is 64.6 Å². The number of ether oxygens (including phenoxy) is 4. The van der Waals surface area contributed by atoms with Crippen molar-refractivity contribution in [3.05, 3.63) is 119 Å². The summed E-state index contributed by atoms with van der Waals surface area (Å²) < 4.78 is 78.7. The maximum absolute atomic E-state index is 13.7. The summed E-state index contributed by atoms with van der Waals surface area (Å²) in [5.74, 6) is -2.19. The van der Waals surface area contributed by atoms with Gasteiger partial charge < -0.3 is 39.4 Å². The van der Waals surface area contributed by atoms with Crippen LogP contribution >= 0.6 is 0 Å². The van der Waals surface area contributed by atoms with E-state index in [1.54, 1.807) is 100 Å². The first-order valence-electron chi connectivity index (χ1n) is 25.4. The Morgan fingerprint density at radius 2 is 0.829 bits per heavy atom. The molecule has 7 rings (SSSR count). The van der Waals surface area contributed by atoms with E-state index >= 15 is 0 Å². The van der Waals surface area contributed by atoms with Crippen LogP contribution in [0.1, 0.15) is 75.6 Å². The second-order valence-corrected chi connectivity index (χ2v) is 23.5. The molecule has 3 fully saturated rings. The molecule has 4 aromatic carbocycles. The molecule has 0 aliphatic carbocycles. The molecular formula is C54H66N6O14S2. The Labute approximate surface area is 444 Å². The molecule has 22 heteroatoms. The van der Waals surface area contributed by atoms with E-state index in [1.807, 2.05) is 13.8 Å². The molecule has 3 aliphatic rings. The van der Waals surface area contributed by atoms with Crippen molar-refractivity contribution in [3.8, 4) is 11.5 Å². The van der Waals surface area contributed by atoms with Crippen molar-refractivity contribution in [2.24, 2.45) is 0 Å². The Morgan fingerprint density at radius 3 is 1.14 bits per heavy atom. The molecule has 0 spiro atoms. The van der Waals surface area contributed by atoms with Crippen LogP contribution < -0.4 is 20.1 Å². The molecule has 4 aromatic rings. The first kappa shape index (κ1) is 56.8. The van der Waals surface area contributed by atoms with Gasteiger partial charge in [-0.25, -0.2) is 36.0 Å². The van der Waals surface area contributed by atoms with Gasteiger partial charge in [0.2, 0.25) is 31.9 Å². The summed E-state index contributed by atoms with van der Waals surface area (Å²) in [6.07, 6.45) is -0.759. The Bertz CT molecular complexity index is 2750. The number of nitrogens with zero attached hydrogens (tertiary/aromatic N) is 4. The van der Waals surface area contributed by atoms with Gasteiger partial charge >= 0.3 is 24.1 Å². The van der Waals surface area contributed by atoms with Crippen molar-refractivity contribution in [1.29, 1.82) is 0 Å². The second kappa shape index (κ2) is 24.9. The number of carbonyl (C=O) groups excluding carboxylic acids is 6. The monoisotopic (exact) mass is 1090 g/mol. The largest absolute Gasteiger partial charge is 0.461 e. The molecule has 3 aliphatic heterocycles. The Balaban J connectivity index is 0.888. The summed E-state index contributed by atoms with van der Waals surface area (Å²) in [5, 5.41) is 5.48. The van der Waals surface area contributed by atoms with E-state index in [4.69, 9.17) is 18.9 Å². The third-order valence-electron chi connectivity index (χ3n) is 13.1. The zero-order valence-corrected chi connectivity index (χ0v) is 45.1. The maximum atomic E-state index is 13.7. The number of rotatable bonds is 18. The van der Waals surface area contributed by atoms with Gasteiger partial charge in [0.1, 0.15) is 35.7 Å². The molecule has 76 heavy (non-hydrogen) atoms. The van der Waals surface area contributed by atoms with E-state index in [1.165, 1.54) is 42.7 Å². The number of amides is 4. The molecule has 0 unspecified atom stereocenters. The minimum absolute atomic E-state index is 0.00681. The quantitative estimate of drug-likeness (QED) is 0.120. The molecule has 4 atom stereocenters. The number of carbonyl (C=O) groups is 6. The minimum atomic E-state index is -3.99. The smallest absolute Gasteiger partial charge is 0.415 e. The lowest BCUT2D eigenvalue weighted by Gasteiger charge is -2.33. The van der Waals surface area contributed by atoms with Crippen molar-refractivity contribution >= 4 is 56.0 Å². The molecule has 3 saturated heterocycles. The topological polar surface area (TPSA) is 245 Å². The molecule has 2 N–H and O–H groups in total. The highest BCUT2D eigenvalue weighted by Crippen LogP contribution is 2.29. The zero-order chi connectivity index (χ0) is 54.9. The fourth-order valence-electron chi connectivity index (χ4n) is 9.08. The Morgan fingerprint density at radius 1 is 0.500 bits per heavy atom. The van der Waals surface area contributed by atoms with Gasteiger partial charge in [-0.1, -0.05) is 59.7 Å². The molecule has 0 saturated carbocycles. The van der Waals surface area contributed by atoms with Crippen LogP contribution in [0.5, 0.6) is 11.5 Å². The van der Waals surface area contributed by atoms with Gasteiger partial charge in [0.25, 0.3) is 0 Å². The van der Waals surface area contributed by atoms with Crippen LogP contribution in [-0.4, -0.2) is 147 Å². The summed E-state index contributed by atoms with van der Waals surface area (Å²) in [6.45, 7) is 11.3. The van der Waals surface area contributed by atoms with Crippen LogP contribution in [0.15, 0.2) is 107 Å². The normalized spacial score (nSPS) is 18.2. The average molecular weight is 1090 g/mol. The van der Waals surface area contributed by atoms with Crippen LogP contribution in [0, 0.1) is 13.8 Å². The number of sulfonamides is 2. The lowest BCUT2D eigenvalue weighted by molar-refractivity contribution is -0.152. The predicted octanol–water partition coefficient (Wildman–Crippen LogP) is 5.28. The number of benzene rings is 4. The molecule has 0 bridgehead atoms. The van der Waals surface area contributed by atoms with Crippen molar-refractivity contribution in [1.82, 2.24) is 29.0 Å². The minimum Gasteiger partial charge on any atom is -0.461 e. The van der Waals surface area contributed by atoms with E-state index in [2.05, 4.69) is 10.6 Å². The van der Waals surface area contributed by atoms with Crippen molar-refractivity contribution in [2.45, 2.75) is 126 Å². The van der Waals surface area contributed by atoms with Crippen molar-refractivity contribution in [2.75, 3.05) is 39.3 Å². The SMILES string of the molecule is Cc1ccc(S(=O)(=O)N2CCC[C@@H]2C(=O)N[C@@H](Cc2ccc(OC(=O)N3CCN(C(=O)Oc4ccc(C[C@H](NC(=O)[C@H]5CCCN5S(=O)(=O)c5ccc(C)cc5)C(=O)OC(C)C)cc4)CC3)cc2)C(=O)OC(C)C)cc1. The first-order valence-corrected chi connectivity index (χ1v) is 28.3. The molecule has 408 valence electrons. The Hall–Kier alpha value is -6.88. The van der Waals surface area contributed by atoms with Gasteiger partial charge in [-0.05, 0) is 127 Å². The highest BCUT2D eigenvalue weighted by atomic mass is 32.2. The van der Waals surface area contributed by atoms with Crippen LogP contribution in [0.25, 0.3) is 0 Å². The highest BCUT2D eigenvalue weighted by molar-refractivity contribution is 7.89. The zero-order valence-electron chi connectivity index (χ0n) is 43.5. The standard InChI is InChI=1S/C54H66N6O14S2/c1-35(2)71-51(63)45(55-49(61)47-9-7-27-59(47)75(67,68)43-23-11-37(5)12-24-43)33-39-15-19-41(20-16-39)73-53(65)57-29-31-58(32-30-57)54(66)74-42-21-17-40(18-22-42)34-46(52(64)72-36(3)4)56-50(62)48-10-8-28-60(48)76(69,70)44-25-13-38(6)14-26-44/h11-26,35-36,45-48H,7-10,27-34H2,1-6H3,(H,55,61)(H,56,62)/t45-,46-,47+,48+/m0/s1. The summed E-state index contributed by atoms with van der Waals surface area (Å²) >= 11 is 0. The molecule has 20 nitrogen and oxygen atoms in total. The van der Waals surface area contributed by atoms with Gasteiger partial charge in [-0.3, -0.25) is 9.59 Å². The molecule has 3 heterocycles. The van der Waals surface area contributed by atoms with E-state index < -0.39 is 92.4 Å². The average Bonchev–Trinajstić information content (AvgIpc) is 4.12.